The maximum Gasteiger partial charge on any atom is 0.0523 e. The van der Waals surface area contributed by atoms with E-state index in [1.54, 1.807) is 22.3 Å². The minimum atomic E-state index is 0.298. The lowest BCUT2D eigenvalue weighted by Gasteiger charge is -2.59. The standard InChI is InChI=1S/C40H62O/c1-27(2)29-11-15-33-31(23-29)13-17-35-37(5,19-9-21-39(33,35)7)25-41-26-38(6)20-10-22-40(8)34-16-12-30(28(3)4)24-32(34)14-18-36(38)40/h13-14,23-24,27-28,33-36H,9-12,15-22,25-26H2,1-8H3/t33-,34-,35-,36-,37-,38-,39+,40+/m0/s1. The summed E-state index contributed by atoms with van der Waals surface area (Å²) in [6.07, 6.45) is 26.6. The van der Waals surface area contributed by atoms with Gasteiger partial charge in [0.2, 0.25) is 0 Å². The molecule has 6 rings (SSSR count). The smallest absolute Gasteiger partial charge is 0.0523 e. The van der Waals surface area contributed by atoms with Gasteiger partial charge in [-0.3, -0.25) is 0 Å². The van der Waals surface area contributed by atoms with Gasteiger partial charge in [0.05, 0.1) is 13.2 Å². The minimum absolute atomic E-state index is 0.298. The van der Waals surface area contributed by atoms with E-state index in [1.165, 1.54) is 77.0 Å². The van der Waals surface area contributed by atoms with Gasteiger partial charge in [-0.2, -0.15) is 0 Å². The third-order valence-electron chi connectivity index (χ3n) is 14.3. The fraction of sp³-hybridized carbons (Fsp3) is 0.800. The normalized spacial score (nSPS) is 44.1. The Morgan fingerprint density at radius 2 is 1.07 bits per heavy atom. The van der Waals surface area contributed by atoms with E-state index in [1.807, 2.05) is 0 Å². The molecular weight excluding hydrogens is 496 g/mol. The summed E-state index contributed by atoms with van der Waals surface area (Å²) in [6.45, 7) is 22.0. The lowest BCUT2D eigenvalue weighted by Crippen LogP contribution is -2.53. The van der Waals surface area contributed by atoms with Crippen molar-refractivity contribution in [2.75, 3.05) is 13.2 Å². The number of ether oxygens (including phenoxy) is 1. The molecule has 0 spiro atoms. The van der Waals surface area contributed by atoms with Crippen LogP contribution in [0.15, 0.2) is 46.6 Å². The van der Waals surface area contributed by atoms with Crippen LogP contribution in [-0.2, 0) is 4.74 Å². The van der Waals surface area contributed by atoms with Gasteiger partial charge in [0, 0.05) is 0 Å². The Labute approximate surface area is 253 Å². The van der Waals surface area contributed by atoms with Crippen molar-refractivity contribution in [3.8, 4) is 0 Å². The van der Waals surface area contributed by atoms with Crippen LogP contribution < -0.4 is 0 Å². The van der Waals surface area contributed by atoms with Crippen LogP contribution in [0.1, 0.15) is 132 Å². The molecule has 228 valence electrons. The fourth-order valence-corrected chi connectivity index (χ4v) is 11.8. The Balaban J connectivity index is 1.17. The number of fused-ring (bicyclic) bond motifs is 6. The molecule has 8 atom stereocenters. The Morgan fingerprint density at radius 3 is 1.46 bits per heavy atom. The first-order valence-corrected chi connectivity index (χ1v) is 17.8. The van der Waals surface area contributed by atoms with Gasteiger partial charge in [0.25, 0.3) is 0 Å². The second kappa shape index (κ2) is 10.8. The molecule has 0 radical (unpaired) electrons. The number of hydrogen-bond donors (Lipinski definition) is 0. The molecule has 0 saturated heterocycles. The molecule has 0 bridgehead atoms. The molecule has 2 fully saturated rings. The van der Waals surface area contributed by atoms with Gasteiger partial charge in [-0.15, -0.1) is 0 Å². The van der Waals surface area contributed by atoms with Crippen molar-refractivity contribution in [2.45, 2.75) is 132 Å². The van der Waals surface area contributed by atoms with Crippen molar-refractivity contribution in [1.29, 1.82) is 0 Å². The Kier molecular flexibility index (Phi) is 7.91. The third kappa shape index (κ3) is 5.01. The van der Waals surface area contributed by atoms with Gasteiger partial charge >= 0.3 is 0 Å². The van der Waals surface area contributed by atoms with Gasteiger partial charge in [-0.05, 0) is 133 Å². The highest BCUT2D eigenvalue weighted by molar-refractivity contribution is 5.36. The van der Waals surface area contributed by atoms with Crippen LogP contribution in [0.3, 0.4) is 0 Å². The summed E-state index contributed by atoms with van der Waals surface area (Å²) in [5.74, 6) is 4.39. The quantitative estimate of drug-likeness (QED) is 0.315. The van der Waals surface area contributed by atoms with Crippen LogP contribution in [-0.4, -0.2) is 13.2 Å². The van der Waals surface area contributed by atoms with E-state index in [4.69, 9.17) is 4.74 Å². The highest BCUT2D eigenvalue weighted by Crippen LogP contribution is 2.64. The number of rotatable bonds is 6. The predicted octanol–water partition coefficient (Wildman–Crippen LogP) is 11.3. The van der Waals surface area contributed by atoms with Gasteiger partial charge in [0.1, 0.15) is 0 Å². The molecule has 1 heteroatoms. The topological polar surface area (TPSA) is 9.23 Å². The molecule has 41 heavy (non-hydrogen) atoms. The van der Waals surface area contributed by atoms with Crippen molar-refractivity contribution < 1.29 is 4.74 Å². The van der Waals surface area contributed by atoms with E-state index in [2.05, 4.69) is 79.7 Å². The molecule has 6 aliphatic rings. The van der Waals surface area contributed by atoms with E-state index in [9.17, 15) is 0 Å². The Hall–Kier alpha value is -1.08. The summed E-state index contributed by atoms with van der Waals surface area (Å²) < 4.78 is 7.01. The molecule has 0 aromatic rings. The largest absolute Gasteiger partial charge is 0.380 e. The van der Waals surface area contributed by atoms with Gasteiger partial charge < -0.3 is 4.74 Å². The van der Waals surface area contributed by atoms with Crippen LogP contribution in [0, 0.1) is 57.2 Å². The average Bonchev–Trinajstić information content (AvgIpc) is 2.92. The van der Waals surface area contributed by atoms with Crippen LogP contribution in [0.2, 0.25) is 0 Å². The van der Waals surface area contributed by atoms with Crippen molar-refractivity contribution in [3.63, 3.8) is 0 Å². The van der Waals surface area contributed by atoms with Crippen LogP contribution in [0.5, 0.6) is 0 Å². The third-order valence-corrected chi connectivity index (χ3v) is 14.3. The molecule has 6 aliphatic carbocycles. The lowest BCUT2D eigenvalue weighted by atomic mass is 9.46. The summed E-state index contributed by atoms with van der Waals surface area (Å²) in [5, 5.41) is 0. The number of allylic oxidation sites excluding steroid dienone is 8. The van der Waals surface area contributed by atoms with Crippen molar-refractivity contribution in [3.05, 3.63) is 46.6 Å². The predicted molar refractivity (Wildman–Crippen MR) is 175 cm³/mol. The summed E-state index contributed by atoms with van der Waals surface area (Å²) in [5.41, 5.74) is 8.18. The van der Waals surface area contributed by atoms with Gasteiger partial charge in [-0.1, -0.05) is 104 Å². The van der Waals surface area contributed by atoms with Crippen molar-refractivity contribution in [1.82, 2.24) is 0 Å². The molecule has 0 heterocycles. The second-order valence-corrected chi connectivity index (χ2v) is 17.4. The Bertz CT molecular complexity index is 1040. The summed E-state index contributed by atoms with van der Waals surface area (Å²) in [6, 6.07) is 0. The molecule has 0 unspecified atom stereocenters. The lowest BCUT2D eigenvalue weighted by molar-refractivity contribution is -0.128. The van der Waals surface area contributed by atoms with E-state index in [-0.39, 0.29) is 0 Å². The zero-order chi connectivity index (χ0) is 29.2. The SMILES string of the molecule is CC(C)C1=CC2=CC[C@H]3[C@](C)(COC[C@]4(C)CCC[C@]5(C)[C@H]6CCC(C(C)C)=CC6=CC[C@@H]45)CCC[C@]3(C)[C@H]2CC1. The first kappa shape index (κ1) is 30.0. The van der Waals surface area contributed by atoms with Crippen LogP contribution >= 0.6 is 0 Å². The molecule has 1 nitrogen and oxygen atoms in total. The molecule has 2 saturated carbocycles. The van der Waals surface area contributed by atoms with Crippen molar-refractivity contribution in [2.24, 2.45) is 57.2 Å². The molecule has 0 N–H and O–H groups in total. The molecule has 0 aliphatic heterocycles. The Morgan fingerprint density at radius 1 is 0.659 bits per heavy atom. The first-order valence-electron chi connectivity index (χ1n) is 17.8. The maximum absolute atomic E-state index is 7.01. The molecule has 0 amide bonds. The molecule has 0 aromatic heterocycles. The zero-order valence-electron chi connectivity index (χ0n) is 28.1. The highest BCUT2D eigenvalue weighted by atomic mass is 16.5. The van der Waals surface area contributed by atoms with Gasteiger partial charge in [-0.25, -0.2) is 0 Å². The van der Waals surface area contributed by atoms with Gasteiger partial charge in [0.15, 0.2) is 0 Å². The van der Waals surface area contributed by atoms with E-state index >= 15 is 0 Å². The summed E-state index contributed by atoms with van der Waals surface area (Å²) in [7, 11) is 0. The zero-order valence-corrected chi connectivity index (χ0v) is 28.1. The second-order valence-electron chi connectivity index (χ2n) is 17.4. The van der Waals surface area contributed by atoms with Crippen molar-refractivity contribution >= 4 is 0 Å². The summed E-state index contributed by atoms with van der Waals surface area (Å²) in [4.78, 5) is 0. The highest BCUT2D eigenvalue weighted by Gasteiger charge is 2.56. The molecule has 0 aromatic carbocycles. The number of hydrogen-bond acceptors (Lipinski definition) is 1. The first-order chi connectivity index (χ1) is 19.4. The van der Waals surface area contributed by atoms with Crippen LogP contribution in [0.4, 0.5) is 0 Å². The average molecular weight is 559 g/mol. The van der Waals surface area contributed by atoms with E-state index in [0.717, 1.165) is 36.9 Å². The van der Waals surface area contributed by atoms with E-state index in [0.29, 0.717) is 33.5 Å². The fourth-order valence-electron chi connectivity index (χ4n) is 11.8. The minimum Gasteiger partial charge on any atom is -0.380 e. The van der Waals surface area contributed by atoms with Crippen LogP contribution in [0.25, 0.3) is 0 Å². The maximum atomic E-state index is 7.01. The summed E-state index contributed by atoms with van der Waals surface area (Å²) >= 11 is 0. The van der Waals surface area contributed by atoms with E-state index < -0.39 is 0 Å². The monoisotopic (exact) mass is 558 g/mol. The molecular formula is C40H62O.